The quantitative estimate of drug-likeness (QED) is 0.500. The normalized spacial score (nSPS) is 23.2. The Hall–Kier alpha value is -3.27. The van der Waals surface area contributed by atoms with E-state index in [1.165, 1.54) is 6.07 Å². The highest BCUT2D eigenvalue weighted by Crippen LogP contribution is 2.52. The maximum atomic E-state index is 14.7. The van der Waals surface area contributed by atoms with Crippen LogP contribution in [0, 0.1) is 23.6 Å². The van der Waals surface area contributed by atoms with Gasteiger partial charge in [0.1, 0.15) is 5.82 Å². The van der Waals surface area contributed by atoms with Crippen molar-refractivity contribution in [3.05, 3.63) is 84.2 Å². The Labute approximate surface area is 222 Å². The van der Waals surface area contributed by atoms with E-state index in [9.17, 15) is 17.6 Å². The first kappa shape index (κ1) is 25.0. The van der Waals surface area contributed by atoms with Crippen LogP contribution in [-0.2, 0) is 14.8 Å². The fraction of sp³-hybridized carbons (Fsp3) is 0.345. The number of halogens is 1. The Morgan fingerprint density at radius 2 is 1.58 bits per heavy atom. The summed E-state index contributed by atoms with van der Waals surface area (Å²) in [5.74, 6) is -0.0302. The van der Waals surface area contributed by atoms with Gasteiger partial charge in [-0.25, -0.2) is 12.8 Å². The van der Waals surface area contributed by atoms with Gasteiger partial charge >= 0.3 is 0 Å². The molecular formula is C29H30FN3O4S. The zero-order valence-electron chi connectivity index (χ0n) is 20.9. The van der Waals surface area contributed by atoms with E-state index in [2.05, 4.69) is 5.32 Å². The first-order valence-electron chi connectivity index (χ1n) is 13.0. The minimum Gasteiger partial charge on any atom is -0.378 e. The van der Waals surface area contributed by atoms with Crippen molar-refractivity contribution in [1.29, 1.82) is 0 Å². The van der Waals surface area contributed by atoms with Crippen LogP contribution in [0.4, 0.5) is 10.1 Å². The van der Waals surface area contributed by atoms with Crippen LogP contribution in [0.5, 0.6) is 0 Å². The predicted molar refractivity (Wildman–Crippen MR) is 143 cm³/mol. The number of carbonyl (C=O) groups is 1. The number of piperidine rings is 1. The molecule has 3 fully saturated rings. The maximum absolute atomic E-state index is 14.7. The Balaban J connectivity index is 1.02. The number of ether oxygens (including phenoxy) is 1. The van der Waals surface area contributed by atoms with Gasteiger partial charge in [0.25, 0.3) is 5.91 Å². The monoisotopic (exact) mass is 535 g/mol. The van der Waals surface area contributed by atoms with E-state index < -0.39 is 15.8 Å². The summed E-state index contributed by atoms with van der Waals surface area (Å²) in [6.07, 6.45) is 0. The number of fused-ring (bicyclic) bond motifs is 1. The number of morpholine rings is 1. The van der Waals surface area contributed by atoms with Gasteiger partial charge in [0.05, 0.1) is 23.8 Å². The molecule has 3 aromatic rings. The van der Waals surface area contributed by atoms with Crippen LogP contribution < -0.4 is 10.2 Å². The molecule has 9 heteroatoms. The van der Waals surface area contributed by atoms with E-state index in [4.69, 9.17) is 4.74 Å². The maximum Gasteiger partial charge on any atom is 0.251 e. The molecular weight excluding hydrogens is 505 g/mol. The molecule has 0 spiro atoms. The van der Waals surface area contributed by atoms with Gasteiger partial charge in [-0.15, -0.1) is 0 Å². The Morgan fingerprint density at radius 1 is 0.921 bits per heavy atom. The molecule has 0 aromatic heterocycles. The second kappa shape index (κ2) is 10.1. The molecule has 7 nitrogen and oxygen atoms in total. The van der Waals surface area contributed by atoms with Crippen LogP contribution in [0.2, 0.25) is 0 Å². The summed E-state index contributed by atoms with van der Waals surface area (Å²) in [6, 6.07) is 21.4. The average Bonchev–Trinajstić information content (AvgIpc) is 3.39. The molecule has 1 aliphatic carbocycles. The van der Waals surface area contributed by atoms with Crippen LogP contribution in [-0.4, -0.2) is 64.6 Å². The van der Waals surface area contributed by atoms with Gasteiger partial charge in [-0.05, 0) is 59.2 Å². The highest BCUT2D eigenvalue weighted by Gasteiger charge is 2.57. The minimum atomic E-state index is -3.56. The van der Waals surface area contributed by atoms with Crippen molar-refractivity contribution in [3.63, 3.8) is 0 Å². The highest BCUT2D eigenvalue weighted by atomic mass is 32.2. The molecule has 2 saturated heterocycles. The van der Waals surface area contributed by atoms with E-state index in [1.807, 2.05) is 47.4 Å². The molecule has 0 bridgehead atoms. The van der Waals surface area contributed by atoms with Crippen molar-refractivity contribution in [2.75, 3.05) is 50.8 Å². The van der Waals surface area contributed by atoms with Gasteiger partial charge in [0.2, 0.25) is 10.0 Å². The van der Waals surface area contributed by atoms with E-state index >= 15 is 0 Å². The molecule has 3 aliphatic rings. The number of amides is 1. The predicted octanol–water partition coefficient (Wildman–Crippen LogP) is 3.63. The highest BCUT2D eigenvalue weighted by molar-refractivity contribution is 7.89. The van der Waals surface area contributed by atoms with E-state index in [-0.39, 0.29) is 29.2 Å². The summed E-state index contributed by atoms with van der Waals surface area (Å²) in [5.41, 5.74) is 2.78. The number of rotatable bonds is 7. The Kier molecular flexibility index (Phi) is 6.67. The van der Waals surface area contributed by atoms with Crippen molar-refractivity contribution >= 4 is 21.6 Å². The number of benzene rings is 3. The van der Waals surface area contributed by atoms with Crippen molar-refractivity contribution in [3.8, 4) is 11.1 Å². The second-order valence-electron chi connectivity index (χ2n) is 10.2. The first-order chi connectivity index (χ1) is 18.4. The van der Waals surface area contributed by atoms with E-state index in [0.29, 0.717) is 56.5 Å². The lowest BCUT2D eigenvalue weighted by Crippen LogP contribution is -2.37. The largest absolute Gasteiger partial charge is 0.378 e. The lowest BCUT2D eigenvalue weighted by atomic mass is 10.1. The molecule has 2 unspecified atom stereocenters. The summed E-state index contributed by atoms with van der Waals surface area (Å²) in [6.45, 7) is 3.74. The standard InChI is InChI=1S/C29H30FN3O4S/c30-27-16-22(8-11-28(27)32-12-14-37-15-13-32)29(34)31-17-24-25-18-33(19-26(24)25)38(35,36)23-9-6-21(7-10-23)20-4-2-1-3-5-20/h1-11,16,24-26H,12-15,17-19H2,(H,31,34). The summed E-state index contributed by atoms with van der Waals surface area (Å²) in [5, 5.41) is 2.92. The number of anilines is 1. The summed E-state index contributed by atoms with van der Waals surface area (Å²) < 4.78 is 47.9. The SMILES string of the molecule is O=C(NCC1C2CN(S(=O)(=O)c3ccc(-c4ccccc4)cc3)CC12)c1ccc(N2CCOCC2)c(F)c1. The number of sulfonamides is 1. The first-order valence-corrected chi connectivity index (χ1v) is 14.4. The molecule has 1 amide bonds. The lowest BCUT2D eigenvalue weighted by Gasteiger charge is -2.29. The van der Waals surface area contributed by atoms with Crippen LogP contribution in [0.3, 0.4) is 0 Å². The number of hydrogen-bond donors (Lipinski definition) is 1. The van der Waals surface area contributed by atoms with Crippen LogP contribution >= 0.6 is 0 Å². The van der Waals surface area contributed by atoms with Crippen molar-refractivity contribution in [1.82, 2.24) is 9.62 Å². The molecule has 2 atom stereocenters. The zero-order chi connectivity index (χ0) is 26.3. The Bertz CT molecular complexity index is 1410. The second-order valence-corrected chi connectivity index (χ2v) is 12.1. The van der Waals surface area contributed by atoms with Gasteiger partial charge in [0, 0.05) is 38.3 Å². The third-order valence-corrected chi connectivity index (χ3v) is 9.84. The number of nitrogens with one attached hydrogen (secondary N) is 1. The van der Waals surface area contributed by atoms with E-state index in [0.717, 1.165) is 11.1 Å². The smallest absolute Gasteiger partial charge is 0.251 e. The molecule has 1 N–H and O–H groups in total. The molecule has 2 heterocycles. The summed E-state index contributed by atoms with van der Waals surface area (Å²) in [4.78, 5) is 14.9. The van der Waals surface area contributed by atoms with Crippen LogP contribution in [0.25, 0.3) is 11.1 Å². The topological polar surface area (TPSA) is 79.0 Å². The van der Waals surface area contributed by atoms with Crippen LogP contribution in [0.1, 0.15) is 10.4 Å². The zero-order valence-corrected chi connectivity index (χ0v) is 21.7. The van der Waals surface area contributed by atoms with Gasteiger partial charge in [-0.1, -0.05) is 42.5 Å². The summed E-state index contributed by atoms with van der Waals surface area (Å²) >= 11 is 0. The third kappa shape index (κ3) is 4.81. The fourth-order valence-corrected chi connectivity index (χ4v) is 7.25. The minimum absolute atomic E-state index is 0.231. The van der Waals surface area contributed by atoms with Gasteiger partial charge in [0.15, 0.2) is 0 Å². The van der Waals surface area contributed by atoms with Crippen molar-refractivity contribution < 1.29 is 22.3 Å². The van der Waals surface area contributed by atoms with Gasteiger partial charge in [-0.3, -0.25) is 4.79 Å². The fourth-order valence-electron chi connectivity index (χ4n) is 5.73. The van der Waals surface area contributed by atoms with Gasteiger partial charge in [-0.2, -0.15) is 4.31 Å². The molecule has 38 heavy (non-hydrogen) atoms. The average molecular weight is 536 g/mol. The molecule has 2 aliphatic heterocycles. The number of carbonyl (C=O) groups excluding carboxylic acids is 1. The molecule has 3 aromatic carbocycles. The van der Waals surface area contributed by atoms with Gasteiger partial charge < -0.3 is 15.0 Å². The lowest BCUT2D eigenvalue weighted by molar-refractivity contribution is 0.0949. The van der Waals surface area contributed by atoms with Crippen molar-refractivity contribution in [2.45, 2.75) is 4.90 Å². The third-order valence-electron chi connectivity index (χ3n) is 8.00. The molecule has 6 rings (SSSR count). The molecule has 1 saturated carbocycles. The molecule has 198 valence electrons. The number of nitrogens with zero attached hydrogens (tertiary/aromatic N) is 2. The molecule has 0 radical (unpaired) electrons. The van der Waals surface area contributed by atoms with Crippen LogP contribution in [0.15, 0.2) is 77.7 Å². The Morgan fingerprint density at radius 3 is 2.24 bits per heavy atom. The summed E-state index contributed by atoms with van der Waals surface area (Å²) in [7, 11) is -3.56. The van der Waals surface area contributed by atoms with E-state index in [1.54, 1.807) is 28.6 Å². The number of hydrogen-bond acceptors (Lipinski definition) is 5. The van der Waals surface area contributed by atoms with Crippen molar-refractivity contribution in [2.24, 2.45) is 17.8 Å².